The zero-order valence-corrected chi connectivity index (χ0v) is 12.3. The third-order valence-electron chi connectivity index (χ3n) is 2.84. The first kappa shape index (κ1) is 14.5. The van der Waals surface area contributed by atoms with Gasteiger partial charge in [-0.05, 0) is 45.0 Å². The molecular formula is C14H15ClN2O3. The molecule has 0 aliphatic carbocycles. The van der Waals surface area contributed by atoms with Gasteiger partial charge < -0.3 is 9.15 Å². The van der Waals surface area contributed by atoms with Crippen molar-refractivity contribution in [1.82, 2.24) is 10.2 Å². The molecule has 106 valence electrons. The summed E-state index contributed by atoms with van der Waals surface area (Å²) < 4.78 is 10.6. The molecule has 1 aromatic carbocycles. The summed E-state index contributed by atoms with van der Waals surface area (Å²) in [5.74, 6) is 0.168. The maximum atomic E-state index is 11.9. The van der Waals surface area contributed by atoms with Gasteiger partial charge in [-0.25, -0.2) is 0 Å². The summed E-state index contributed by atoms with van der Waals surface area (Å²) in [5.41, 5.74) is -0.235. The van der Waals surface area contributed by atoms with Crippen molar-refractivity contribution in [1.29, 1.82) is 0 Å². The van der Waals surface area contributed by atoms with Crippen molar-refractivity contribution in [3.63, 3.8) is 0 Å². The van der Waals surface area contributed by atoms with E-state index in [1.165, 1.54) is 0 Å². The predicted octanol–water partition coefficient (Wildman–Crippen LogP) is 3.23. The summed E-state index contributed by atoms with van der Waals surface area (Å²) in [6.07, 6.45) is 0. The molecule has 1 aromatic heterocycles. The van der Waals surface area contributed by atoms with Gasteiger partial charge in [0.2, 0.25) is 11.8 Å². The zero-order valence-electron chi connectivity index (χ0n) is 11.5. The van der Waals surface area contributed by atoms with Crippen molar-refractivity contribution in [2.24, 2.45) is 0 Å². The van der Waals surface area contributed by atoms with Gasteiger partial charge in [0, 0.05) is 10.6 Å². The third kappa shape index (κ3) is 2.82. The van der Waals surface area contributed by atoms with E-state index in [0.29, 0.717) is 17.5 Å². The summed E-state index contributed by atoms with van der Waals surface area (Å²) in [4.78, 5) is 11.9. The number of carbonyl (C=O) groups excluding carboxylic acids is 1. The van der Waals surface area contributed by atoms with Crippen LogP contribution in [0.25, 0.3) is 11.5 Å². The van der Waals surface area contributed by atoms with Crippen molar-refractivity contribution in [2.75, 3.05) is 6.61 Å². The molecule has 0 amide bonds. The number of esters is 1. The van der Waals surface area contributed by atoms with E-state index in [4.69, 9.17) is 20.8 Å². The molecule has 0 saturated carbocycles. The number of nitrogens with zero attached hydrogens (tertiary/aromatic N) is 2. The molecule has 1 heterocycles. The SMILES string of the molecule is CCOC(=O)C(C)(C)c1nnc(-c2ccc(Cl)cc2)o1. The Balaban J connectivity index is 2.28. The maximum Gasteiger partial charge on any atom is 0.321 e. The maximum absolute atomic E-state index is 11.9. The highest BCUT2D eigenvalue weighted by atomic mass is 35.5. The molecule has 0 radical (unpaired) electrons. The number of hydrogen-bond donors (Lipinski definition) is 0. The van der Waals surface area contributed by atoms with Gasteiger partial charge in [0.05, 0.1) is 6.61 Å². The van der Waals surface area contributed by atoms with Gasteiger partial charge in [-0.3, -0.25) is 4.79 Å². The quantitative estimate of drug-likeness (QED) is 0.810. The fourth-order valence-corrected chi connectivity index (χ4v) is 1.71. The van der Waals surface area contributed by atoms with E-state index in [-0.39, 0.29) is 5.89 Å². The average molecular weight is 295 g/mol. The third-order valence-corrected chi connectivity index (χ3v) is 3.09. The first-order chi connectivity index (χ1) is 9.45. The number of ether oxygens (including phenoxy) is 1. The smallest absolute Gasteiger partial charge is 0.321 e. The predicted molar refractivity (Wildman–Crippen MR) is 74.4 cm³/mol. The first-order valence-electron chi connectivity index (χ1n) is 6.22. The lowest BCUT2D eigenvalue weighted by molar-refractivity contribution is -0.149. The lowest BCUT2D eigenvalue weighted by Crippen LogP contribution is -2.31. The number of carbonyl (C=O) groups is 1. The lowest BCUT2D eigenvalue weighted by Gasteiger charge is -2.17. The number of benzene rings is 1. The fraction of sp³-hybridized carbons (Fsp3) is 0.357. The minimum absolute atomic E-state index is 0.223. The number of halogens is 1. The molecule has 0 spiro atoms. The Morgan fingerprint density at radius 3 is 2.55 bits per heavy atom. The van der Waals surface area contributed by atoms with Crippen molar-refractivity contribution >= 4 is 17.6 Å². The van der Waals surface area contributed by atoms with Gasteiger partial charge in [-0.1, -0.05) is 11.6 Å². The second-order valence-electron chi connectivity index (χ2n) is 4.76. The van der Waals surface area contributed by atoms with Crippen LogP contribution in [-0.4, -0.2) is 22.8 Å². The monoisotopic (exact) mass is 294 g/mol. The topological polar surface area (TPSA) is 65.2 Å². The largest absolute Gasteiger partial charge is 0.465 e. The van der Waals surface area contributed by atoms with E-state index in [0.717, 1.165) is 5.56 Å². The Morgan fingerprint density at radius 1 is 1.30 bits per heavy atom. The molecule has 2 aromatic rings. The molecular weight excluding hydrogens is 280 g/mol. The van der Waals surface area contributed by atoms with E-state index in [2.05, 4.69) is 10.2 Å². The standard InChI is InChI=1S/C14H15ClN2O3/c1-4-19-13(18)14(2,3)12-17-16-11(20-12)9-5-7-10(15)8-6-9/h5-8H,4H2,1-3H3. The summed E-state index contributed by atoms with van der Waals surface area (Å²) >= 11 is 5.83. The normalized spacial score (nSPS) is 11.4. The van der Waals surface area contributed by atoms with Crippen LogP contribution in [-0.2, 0) is 14.9 Å². The fourth-order valence-electron chi connectivity index (χ4n) is 1.58. The Hall–Kier alpha value is -1.88. The average Bonchev–Trinajstić information content (AvgIpc) is 2.90. The highest BCUT2D eigenvalue weighted by Crippen LogP contribution is 2.27. The van der Waals surface area contributed by atoms with Crippen LogP contribution < -0.4 is 0 Å². The molecule has 0 saturated heterocycles. The highest BCUT2D eigenvalue weighted by molar-refractivity contribution is 6.30. The van der Waals surface area contributed by atoms with E-state index in [9.17, 15) is 4.79 Å². The van der Waals surface area contributed by atoms with E-state index < -0.39 is 11.4 Å². The van der Waals surface area contributed by atoms with Crippen LogP contribution in [0.4, 0.5) is 0 Å². The number of hydrogen-bond acceptors (Lipinski definition) is 5. The van der Waals surface area contributed by atoms with Crippen LogP contribution in [0.1, 0.15) is 26.7 Å². The molecule has 0 aliphatic heterocycles. The van der Waals surface area contributed by atoms with Gasteiger partial charge in [-0.2, -0.15) is 0 Å². The number of rotatable bonds is 4. The van der Waals surface area contributed by atoms with Gasteiger partial charge in [0.15, 0.2) is 0 Å². The molecule has 0 bridgehead atoms. The van der Waals surface area contributed by atoms with Gasteiger partial charge in [-0.15, -0.1) is 10.2 Å². The van der Waals surface area contributed by atoms with Crippen molar-refractivity contribution < 1.29 is 13.9 Å². The highest BCUT2D eigenvalue weighted by Gasteiger charge is 2.37. The van der Waals surface area contributed by atoms with Gasteiger partial charge >= 0.3 is 5.97 Å². The van der Waals surface area contributed by atoms with Crippen molar-refractivity contribution in [3.8, 4) is 11.5 Å². The van der Waals surface area contributed by atoms with E-state index in [1.807, 2.05) is 0 Å². The Morgan fingerprint density at radius 2 is 1.95 bits per heavy atom. The zero-order chi connectivity index (χ0) is 14.8. The summed E-state index contributed by atoms with van der Waals surface area (Å²) in [6.45, 7) is 5.43. The summed E-state index contributed by atoms with van der Waals surface area (Å²) in [6, 6.07) is 7.02. The molecule has 0 aliphatic rings. The van der Waals surface area contributed by atoms with Gasteiger partial charge in [0.1, 0.15) is 5.41 Å². The Labute approximate surface area is 121 Å². The van der Waals surface area contributed by atoms with E-state index in [1.54, 1.807) is 45.0 Å². The molecule has 6 heteroatoms. The first-order valence-corrected chi connectivity index (χ1v) is 6.60. The Bertz CT molecular complexity index is 605. The van der Waals surface area contributed by atoms with Crippen LogP contribution in [0, 0.1) is 0 Å². The second-order valence-corrected chi connectivity index (χ2v) is 5.20. The summed E-state index contributed by atoms with van der Waals surface area (Å²) in [5, 5.41) is 8.52. The molecule has 0 unspecified atom stereocenters. The van der Waals surface area contributed by atoms with E-state index >= 15 is 0 Å². The van der Waals surface area contributed by atoms with Crippen LogP contribution in [0.3, 0.4) is 0 Å². The van der Waals surface area contributed by atoms with Crippen LogP contribution in [0.2, 0.25) is 5.02 Å². The van der Waals surface area contributed by atoms with Crippen molar-refractivity contribution in [2.45, 2.75) is 26.2 Å². The van der Waals surface area contributed by atoms with Crippen LogP contribution in [0.15, 0.2) is 28.7 Å². The van der Waals surface area contributed by atoms with Gasteiger partial charge in [0.25, 0.3) is 0 Å². The molecule has 2 rings (SSSR count). The second kappa shape index (κ2) is 5.63. The molecule has 0 fully saturated rings. The minimum Gasteiger partial charge on any atom is -0.465 e. The molecule has 5 nitrogen and oxygen atoms in total. The molecule has 0 atom stereocenters. The van der Waals surface area contributed by atoms with Crippen LogP contribution >= 0.6 is 11.6 Å². The van der Waals surface area contributed by atoms with Crippen molar-refractivity contribution in [3.05, 3.63) is 35.2 Å². The lowest BCUT2D eigenvalue weighted by atomic mass is 9.94. The minimum atomic E-state index is -0.978. The Kier molecular flexibility index (Phi) is 4.09. The number of aromatic nitrogens is 2. The van der Waals surface area contributed by atoms with Crippen LogP contribution in [0.5, 0.6) is 0 Å². The summed E-state index contributed by atoms with van der Waals surface area (Å²) in [7, 11) is 0. The molecule has 20 heavy (non-hydrogen) atoms. The molecule has 0 N–H and O–H groups in total.